The third kappa shape index (κ3) is 4.87. The zero-order chi connectivity index (χ0) is 27.7. The van der Waals surface area contributed by atoms with Crippen LogP contribution < -0.4 is 15.8 Å². The van der Waals surface area contributed by atoms with Crippen LogP contribution in [-0.4, -0.2) is 61.8 Å². The van der Waals surface area contributed by atoms with Crippen molar-refractivity contribution in [3.8, 4) is 5.75 Å². The van der Waals surface area contributed by atoms with Crippen LogP contribution in [0.1, 0.15) is 31.2 Å². The largest absolute Gasteiger partial charge is 0.496 e. The molecule has 5 rings (SSSR count). The first kappa shape index (κ1) is 27.2. The number of hydrogen-bond acceptors (Lipinski definition) is 8. The molecule has 2 aromatic carbocycles. The summed E-state index contributed by atoms with van der Waals surface area (Å²) < 4.78 is 45.6. The van der Waals surface area contributed by atoms with E-state index in [9.17, 15) is 32.0 Å². The van der Waals surface area contributed by atoms with Crippen molar-refractivity contribution in [3.05, 3.63) is 53.8 Å². The number of nitrogens with one attached hydrogen (secondary N) is 1. The van der Waals surface area contributed by atoms with E-state index in [0.29, 0.717) is 42.8 Å². The van der Waals surface area contributed by atoms with Crippen LogP contribution >= 0.6 is 0 Å². The maximum Gasteiger partial charge on any atom is 0.228 e. The summed E-state index contributed by atoms with van der Waals surface area (Å²) >= 11 is 0. The number of nitrogens with zero attached hydrogens (tertiary/aromatic N) is 1. The second-order valence-corrected chi connectivity index (χ2v) is 11.6. The topological polar surface area (TPSA) is 153 Å². The Morgan fingerprint density at radius 1 is 1.08 bits per heavy atom. The monoisotopic (exact) mass is 545 g/mol. The molecule has 3 N–H and O–H groups in total. The number of carbonyl (C=O) groups excluding carboxylic acids is 4. The summed E-state index contributed by atoms with van der Waals surface area (Å²) in [5, 5.41) is 2.62. The number of fused-ring (bicyclic) bond motifs is 1. The maximum absolute atomic E-state index is 13.7. The normalized spacial score (nSPS) is 23.0. The van der Waals surface area contributed by atoms with E-state index in [1.54, 1.807) is 0 Å². The molecule has 3 fully saturated rings. The molecule has 0 spiro atoms. The zero-order valence-corrected chi connectivity index (χ0v) is 21.6. The molecule has 12 heteroatoms. The third-order valence-corrected chi connectivity index (χ3v) is 9.34. The highest BCUT2D eigenvalue weighted by Gasteiger charge is 2.70. The van der Waals surface area contributed by atoms with E-state index in [4.69, 9.17) is 10.5 Å². The number of ether oxygens (including phenoxy) is 1. The van der Waals surface area contributed by atoms with Gasteiger partial charge in [-0.2, -0.15) is 0 Å². The van der Waals surface area contributed by atoms with Crippen LogP contribution in [0.4, 0.5) is 10.1 Å². The number of halogens is 1. The molecule has 2 amide bonds. The van der Waals surface area contributed by atoms with Gasteiger partial charge in [-0.3, -0.25) is 19.2 Å². The van der Waals surface area contributed by atoms with E-state index in [1.807, 2.05) is 0 Å². The van der Waals surface area contributed by atoms with Gasteiger partial charge < -0.3 is 20.7 Å². The molecule has 2 aromatic rings. The van der Waals surface area contributed by atoms with Crippen LogP contribution in [0.25, 0.3) is 0 Å². The van der Waals surface area contributed by atoms with Crippen molar-refractivity contribution in [2.24, 2.45) is 5.92 Å². The highest BCUT2D eigenvalue weighted by atomic mass is 32.2. The molecule has 3 aliphatic rings. The molecule has 2 atom stereocenters. The fourth-order valence-electron chi connectivity index (χ4n) is 4.95. The zero-order valence-electron chi connectivity index (χ0n) is 20.7. The van der Waals surface area contributed by atoms with Crippen LogP contribution in [0, 0.1) is 11.7 Å². The molecule has 0 aromatic heterocycles. The van der Waals surface area contributed by atoms with E-state index < -0.39 is 44.6 Å². The second-order valence-electron chi connectivity index (χ2n) is 9.40. The average Bonchev–Trinajstić information content (AvgIpc) is 2.96. The molecule has 3 heterocycles. The van der Waals surface area contributed by atoms with Gasteiger partial charge in [0, 0.05) is 44.0 Å². The smallest absolute Gasteiger partial charge is 0.228 e. The Morgan fingerprint density at radius 2 is 1.79 bits per heavy atom. The first-order valence-electron chi connectivity index (χ1n) is 12.1. The average molecular weight is 546 g/mol. The van der Waals surface area contributed by atoms with Crippen LogP contribution in [0.5, 0.6) is 5.75 Å². The molecule has 3 saturated heterocycles. The number of benzene rings is 2. The summed E-state index contributed by atoms with van der Waals surface area (Å²) in [4.78, 5) is 45.8. The van der Waals surface area contributed by atoms with Gasteiger partial charge in [-0.15, -0.1) is 0 Å². The van der Waals surface area contributed by atoms with E-state index in [0.717, 1.165) is 4.90 Å². The lowest BCUT2D eigenvalue weighted by atomic mass is 9.92. The highest BCUT2D eigenvalue weighted by molar-refractivity contribution is 7.93. The lowest BCUT2D eigenvalue weighted by Gasteiger charge is -2.44. The Kier molecular flexibility index (Phi) is 7.54. The van der Waals surface area contributed by atoms with Gasteiger partial charge in [0.25, 0.3) is 0 Å². The Balaban J connectivity index is 0.000000317. The molecule has 0 bridgehead atoms. The molecular formula is C26H28FN3O7S. The summed E-state index contributed by atoms with van der Waals surface area (Å²) in [5.74, 6) is -1.63. The molecule has 38 heavy (non-hydrogen) atoms. The highest BCUT2D eigenvalue weighted by Crippen LogP contribution is 2.49. The van der Waals surface area contributed by atoms with Crippen molar-refractivity contribution >= 4 is 38.9 Å². The summed E-state index contributed by atoms with van der Waals surface area (Å²) in [7, 11) is -2.73. The van der Waals surface area contributed by atoms with Gasteiger partial charge in [0.1, 0.15) is 17.3 Å². The number of sulfone groups is 1. The fraction of sp³-hybridized carbons (Fsp3) is 0.385. The van der Waals surface area contributed by atoms with Crippen LogP contribution in [0.15, 0.2) is 47.4 Å². The number of anilines is 1. The van der Waals surface area contributed by atoms with Gasteiger partial charge in [0.05, 0.1) is 18.4 Å². The number of amides is 2. The van der Waals surface area contributed by atoms with Crippen molar-refractivity contribution < 1.29 is 36.7 Å². The quantitative estimate of drug-likeness (QED) is 0.423. The van der Waals surface area contributed by atoms with E-state index >= 15 is 0 Å². The minimum Gasteiger partial charge on any atom is -0.496 e. The van der Waals surface area contributed by atoms with Gasteiger partial charge in [0.2, 0.25) is 26.5 Å². The lowest BCUT2D eigenvalue weighted by molar-refractivity contribution is -0.150. The maximum atomic E-state index is 13.7. The van der Waals surface area contributed by atoms with Crippen LogP contribution in [-0.2, 0) is 35.4 Å². The Bertz CT molecular complexity index is 1380. The van der Waals surface area contributed by atoms with Crippen molar-refractivity contribution in [2.45, 2.75) is 41.9 Å². The van der Waals surface area contributed by atoms with Gasteiger partial charge in [-0.25, -0.2) is 12.8 Å². The number of Topliss-reactive ketones (excluding diaryl/α,β-unsaturated/α-hetero) is 2. The number of β-lactam (4-membered cyclic amide) rings is 1. The molecule has 3 aliphatic heterocycles. The third-order valence-electron chi connectivity index (χ3n) is 6.99. The second kappa shape index (κ2) is 10.5. The first-order valence-corrected chi connectivity index (χ1v) is 13.5. The number of rotatable bonds is 5. The molecule has 0 saturated carbocycles. The van der Waals surface area contributed by atoms with Gasteiger partial charge in [-0.05, 0) is 54.4 Å². The Morgan fingerprint density at radius 3 is 2.45 bits per heavy atom. The standard InChI is InChI=1S/C20H19FN2O5S.C6H9NO2/c1-28-17-7-2-14(21)9-12(17)8-13-11-23-18(24)10-20(23,19(13)25)29(26,27)16-5-3-15(22)4-6-16;8-5-1-2-6(9)7-4-3-5/h2-7,9,13H,8,10-11,22H2,1H3;1-4H2,(H,7,9). The number of methoxy groups -OCH3 is 1. The molecule has 2 unspecified atom stereocenters. The Hall–Kier alpha value is -3.80. The van der Waals surface area contributed by atoms with E-state index in [2.05, 4.69) is 5.32 Å². The lowest BCUT2D eigenvalue weighted by Crippen LogP contribution is -2.67. The van der Waals surface area contributed by atoms with Gasteiger partial charge in [-0.1, -0.05) is 0 Å². The molecule has 10 nitrogen and oxygen atoms in total. The van der Waals surface area contributed by atoms with Crippen molar-refractivity contribution in [1.82, 2.24) is 10.2 Å². The number of hydrogen-bond donors (Lipinski definition) is 2. The summed E-state index contributed by atoms with van der Waals surface area (Å²) in [5.41, 5.74) is 6.46. The molecular weight excluding hydrogens is 517 g/mol. The number of ketones is 2. The van der Waals surface area contributed by atoms with Crippen LogP contribution in [0.3, 0.4) is 0 Å². The summed E-state index contributed by atoms with van der Waals surface area (Å²) in [6, 6.07) is 9.47. The molecule has 0 aliphatic carbocycles. The fourth-order valence-corrected chi connectivity index (χ4v) is 7.05. The summed E-state index contributed by atoms with van der Waals surface area (Å²) in [6.45, 7) is 0.489. The van der Waals surface area contributed by atoms with E-state index in [-0.39, 0.29) is 29.6 Å². The van der Waals surface area contributed by atoms with Crippen molar-refractivity contribution in [1.29, 1.82) is 0 Å². The van der Waals surface area contributed by atoms with Crippen molar-refractivity contribution in [3.63, 3.8) is 0 Å². The number of nitrogen functional groups attached to an aromatic ring is 1. The predicted octanol–water partition coefficient (Wildman–Crippen LogP) is 1.42. The number of carbonyl (C=O) groups is 4. The van der Waals surface area contributed by atoms with E-state index in [1.165, 1.54) is 49.6 Å². The van der Waals surface area contributed by atoms with Crippen LogP contribution in [0.2, 0.25) is 0 Å². The Labute approximate surface area is 219 Å². The minimum atomic E-state index is -4.15. The van der Waals surface area contributed by atoms with Gasteiger partial charge in [0.15, 0.2) is 5.78 Å². The predicted molar refractivity (Wildman–Crippen MR) is 134 cm³/mol. The van der Waals surface area contributed by atoms with Gasteiger partial charge >= 0.3 is 0 Å². The minimum absolute atomic E-state index is 0.000787. The summed E-state index contributed by atoms with van der Waals surface area (Å²) in [6.07, 6.45) is 0.980. The number of nitrogens with two attached hydrogens (primary N) is 1. The first-order chi connectivity index (χ1) is 18.0. The molecule has 202 valence electrons. The molecule has 0 radical (unpaired) electrons. The SMILES string of the molecule is COc1ccc(F)cc1CC1CN2C(=O)CC2(S(=O)(=O)c2ccc(N)cc2)C1=O.O=C1CCNC(=O)CC1. The van der Waals surface area contributed by atoms with Crippen molar-refractivity contribution in [2.75, 3.05) is 25.9 Å².